The van der Waals surface area contributed by atoms with Crippen molar-refractivity contribution in [2.45, 2.75) is 32.4 Å². The Morgan fingerprint density at radius 1 is 1.00 bits per heavy atom. The van der Waals surface area contributed by atoms with Gasteiger partial charge in [-0.1, -0.05) is 35.9 Å². The molecular weight excluding hydrogens is 306 g/mol. The smallest absolute Gasteiger partial charge is 0.0477 e. The number of anilines is 1. The maximum atomic E-state index is 3.69. The summed E-state index contributed by atoms with van der Waals surface area (Å²) < 4.78 is 0. The minimum atomic E-state index is 0.473. The van der Waals surface area contributed by atoms with Gasteiger partial charge in [-0.2, -0.15) is 0 Å². The number of benzene rings is 2. The number of hydrogen-bond donors (Lipinski definition) is 1. The monoisotopic (exact) mass is 331 g/mol. The van der Waals surface area contributed by atoms with E-state index in [0.29, 0.717) is 12.1 Å². The van der Waals surface area contributed by atoms with Gasteiger partial charge in [-0.15, -0.1) is 0 Å². The third-order valence-electron chi connectivity index (χ3n) is 6.13. The largest absolute Gasteiger partial charge is 0.369 e. The topological polar surface area (TPSA) is 22.3 Å². The summed E-state index contributed by atoms with van der Waals surface area (Å²) in [4.78, 5) is 8.95. The molecule has 1 N–H and O–H groups in total. The van der Waals surface area contributed by atoms with Gasteiger partial charge in [-0.05, 0) is 44.0 Å². The number of para-hydroxylation sites is 1. The molecular formula is C22H25N3. The summed E-state index contributed by atoms with van der Waals surface area (Å²) in [6.45, 7) is 7.88. The van der Waals surface area contributed by atoms with Gasteiger partial charge in [0, 0.05) is 54.0 Å². The number of hydrogen-bond acceptors (Lipinski definition) is 2. The van der Waals surface area contributed by atoms with Gasteiger partial charge in [0.05, 0.1) is 0 Å². The highest BCUT2D eigenvalue weighted by Gasteiger charge is 2.37. The van der Waals surface area contributed by atoms with E-state index in [4.69, 9.17) is 0 Å². The van der Waals surface area contributed by atoms with Gasteiger partial charge in [-0.25, -0.2) is 0 Å². The molecule has 3 aromatic rings. The molecule has 0 saturated carbocycles. The van der Waals surface area contributed by atoms with Crippen molar-refractivity contribution in [2.24, 2.45) is 0 Å². The molecule has 0 aliphatic carbocycles. The maximum absolute atomic E-state index is 3.69. The SMILES string of the molecule is Cc1ccc(N2CCN3C(Cc4c([nH]c5ccccc45)C3C)C2)cc1. The summed E-state index contributed by atoms with van der Waals surface area (Å²) in [7, 11) is 0. The maximum Gasteiger partial charge on any atom is 0.0477 e. The van der Waals surface area contributed by atoms with Crippen LogP contribution in [0.15, 0.2) is 48.5 Å². The minimum absolute atomic E-state index is 0.473. The second-order valence-corrected chi connectivity index (χ2v) is 7.62. The molecule has 128 valence electrons. The number of aryl methyl sites for hydroxylation is 1. The molecule has 1 aromatic heterocycles. The fourth-order valence-electron chi connectivity index (χ4n) is 4.75. The summed E-state index contributed by atoms with van der Waals surface area (Å²) >= 11 is 0. The molecule has 3 heteroatoms. The van der Waals surface area contributed by atoms with E-state index in [9.17, 15) is 0 Å². The van der Waals surface area contributed by atoms with Crippen LogP contribution in [-0.2, 0) is 6.42 Å². The van der Waals surface area contributed by atoms with Crippen LogP contribution >= 0.6 is 0 Å². The molecule has 5 rings (SSSR count). The molecule has 1 saturated heterocycles. The van der Waals surface area contributed by atoms with Crippen molar-refractivity contribution >= 4 is 16.6 Å². The van der Waals surface area contributed by atoms with Gasteiger partial charge in [-0.3, -0.25) is 4.90 Å². The lowest BCUT2D eigenvalue weighted by Crippen LogP contribution is -2.56. The van der Waals surface area contributed by atoms with Gasteiger partial charge in [0.25, 0.3) is 0 Å². The number of aromatic nitrogens is 1. The standard InChI is InChI=1S/C22H25N3/c1-15-7-9-17(10-8-15)24-11-12-25-16(2)22-20(13-18(25)14-24)19-5-3-4-6-21(19)23-22/h3-10,16,18,23H,11-14H2,1-2H3. The molecule has 2 aromatic carbocycles. The average molecular weight is 331 g/mol. The molecule has 1 fully saturated rings. The lowest BCUT2D eigenvalue weighted by molar-refractivity contribution is 0.112. The van der Waals surface area contributed by atoms with E-state index in [1.165, 1.54) is 33.4 Å². The molecule has 2 atom stereocenters. The predicted octanol–water partition coefficient (Wildman–Crippen LogP) is 4.28. The highest BCUT2D eigenvalue weighted by molar-refractivity contribution is 5.85. The van der Waals surface area contributed by atoms with Crippen LogP contribution < -0.4 is 4.90 Å². The Hall–Kier alpha value is -2.26. The molecule has 0 amide bonds. The van der Waals surface area contributed by atoms with Crippen LogP contribution in [0.1, 0.15) is 29.8 Å². The van der Waals surface area contributed by atoms with Crippen molar-refractivity contribution in [3.8, 4) is 0 Å². The second-order valence-electron chi connectivity index (χ2n) is 7.62. The normalized spacial score (nSPS) is 23.5. The number of nitrogens with zero attached hydrogens (tertiary/aromatic N) is 2. The summed E-state index contributed by atoms with van der Waals surface area (Å²) in [5.74, 6) is 0. The number of aromatic amines is 1. The Balaban J connectivity index is 1.48. The van der Waals surface area contributed by atoms with Crippen molar-refractivity contribution in [1.82, 2.24) is 9.88 Å². The molecule has 2 aliphatic heterocycles. The number of H-pyrrole nitrogens is 1. The van der Waals surface area contributed by atoms with Gasteiger partial charge in [0.1, 0.15) is 0 Å². The first-order valence-electron chi connectivity index (χ1n) is 9.37. The Bertz CT molecular complexity index is 909. The quantitative estimate of drug-likeness (QED) is 0.719. The Morgan fingerprint density at radius 3 is 2.64 bits per heavy atom. The first-order valence-corrected chi connectivity index (χ1v) is 9.37. The van der Waals surface area contributed by atoms with Crippen molar-refractivity contribution in [3.05, 3.63) is 65.4 Å². The lowest BCUT2D eigenvalue weighted by Gasteiger charge is -2.47. The predicted molar refractivity (Wildman–Crippen MR) is 104 cm³/mol. The van der Waals surface area contributed by atoms with E-state index < -0.39 is 0 Å². The van der Waals surface area contributed by atoms with E-state index in [1.807, 2.05) is 0 Å². The van der Waals surface area contributed by atoms with E-state index in [0.717, 1.165) is 26.1 Å². The van der Waals surface area contributed by atoms with Gasteiger partial charge in [0.15, 0.2) is 0 Å². The highest BCUT2D eigenvalue weighted by Crippen LogP contribution is 2.38. The minimum Gasteiger partial charge on any atom is -0.369 e. The summed E-state index contributed by atoms with van der Waals surface area (Å²) in [5, 5.41) is 1.41. The number of piperazine rings is 1. The average Bonchev–Trinajstić information content (AvgIpc) is 3.01. The Kier molecular flexibility index (Phi) is 3.39. The fourth-order valence-corrected chi connectivity index (χ4v) is 4.75. The van der Waals surface area contributed by atoms with Crippen molar-refractivity contribution < 1.29 is 0 Å². The van der Waals surface area contributed by atoms with Crippen LogP contribution in [0, 0.1) is 6.92 Å². The lowest BCUT2D eigenvalue weighted by atomic mass is 9.90. The third-order valence-corrected chi connectivity index (χ3v) is 6.13. The van der Waals surface area contributed by atoms with Crippen LogP contribution in [0.4, 0.5) is 5.69 Å². The molecule has 0 spiro atoms. The van der Waals surface area contributed by atoms with Crippen LogP contribution in [0.5, 0.6) is 0 Å². The molecule has 25 heavy (non-hydrogen) atoms. The summed E-state index contributed by atoms with van der Waals surface area (Å²) in [6.07, 6.45) is 1.14. The van der Waals surface area contributed by atoms with Crippen molar-refractivity contribution in [2.75, 3.05) is 24.5 Å². The zero-order valence-corrected chi connectivity index (χ0v) is 15.0. The zero-order chi connectivity index (χ0) is 17.0. The van der Waals surface area contributed by atoms with Crippen LogP contribution in [0.3, 0.4) is 0 Å². The first-order chi connectivity index (χ1) is 12.2. The van der Waals surface area contributed by atoms with Gasteiger partial charge >= 0.3 is 0 Å². The Morgan fingerprint density at radius 2 is 1.80 bits per heavy atom. The van der Waals surface area contributed by atoms with Crippen LogP contribution in [0.25, 0.3) is 10.9 Å². The number of nitrogens with one attached hydrogen (secondary N) is 1. The van der Waals surface area contributed by atoms with Gasteiger partial charge < -0.3 is 9.88 Å². The first kappa shape index (κ1) is 15.0. The van der Waals surface area contributed by atoms with Crippen LogP contribution in [0.2, 0.25) is 0 Å². The third kappa shape index (κ3) is 2.37. The van der Waals surface area contributed by atoms with E-state index in [1.54, 1.807) is 0 Å². The van der Waals surface area contributed by atoms with E-state index in [-0.39, 0.29) is 0 Å². The number of rotatable bonds is 1. The van der Waals surface area contributed by atoms with Gasteiger partial charge in [0.2, 0.25) is 0 Å². The van der Waals surface area contributed by atoms with Crippen molar-refractivity contribution in [3.63, 3.8) is 0 Å². The summed E-state index contributed by atoms with van der Waals surface area (Å²) in [6, 6.07) is 18.8. The Labute approximate surface area is 149 Å². The second kappa shape index (κ2) is 5.63. The van der Waals surface area contributed by atoms with Crippen molar-refractivity contribution in [1.29, 1.82) is 0 Å². The fraction of sp³-hybridized carbons (Fsp3) is 0.364. The molecule has 2 unspecified atom stereocenters. The zero-order valence-electron chi connectivity index (χ0n) is 15.0. The van der Waals surface area contributed by atoms with Crippen LogP contribution in [-0.4, -0.2) is 35.6 Å². The molecule has 2 aliphatic rings. The van der Waals surface area contributed by atoms with E-state index in [2.05, 4.69) is 77.2 Å². The molecule has 3 heterocycles. The molecule has 0 bridgehead atoms. The summed E-state index contributed by atoms with van der Waals surface area (Å²) in [5.41, 5.74) is 6.95. The highest BCUT2D eigenvalue weighted by atomic mass is 15.3. The molecule has 0 radical (unpaired) electrons. The van der Waals surface area contributed by atoms with E-state index >= 15 is 0 Å². The number of fused-ring (bicyclic) bond motifs is 4. The molecule has 3 nitrogen and oxygen atoms in total.